The first-order valence-electron chi connectivity index (χ1n) is 12.5. The van der Waals surface area contributed by atoms with Crippen LogP contribution in [0.4, 0.5) is 13.2 Å². The van der Waals surface area contributed by atoms with Crippen molar-refractivity contribution in [3.05, 3.63) is 82.1 Å². The molecule has 0 radical (unpaired) electrons. The summed E-state index contributed by atoms with van der Waals surface area (Å²) in [6, 6.07) is 12.8. The molecule has 0 bridgehead atoms. The molecule has 192 valence electrons. The molecule has 1 N–H and O–H groups in total. The minimum atomic E-state index is -4.39. The molecular formula is C29H31ClF3NO2. The Balaban J connectivity index is 1.91. The maximum absolute atomic E-state index is 13.2. The van der Waals surface area contributed by atoms with Gasteiger partial charge in [-0.2, -0.15) is 13.2 Å². The number of rotatable bonds is 8. The van der Waals surface area contributed by atoms with Gasteiger partial charge in [-0.1, -0.05) is 62.6 Å². The average Bonchev–Trinajstić information content (AvgIpc) is 3.22. The van der Waals surface area contributed by atoms with Crippen LogP contribution in [0.2, 0.25) is 5.02 Å². The molecule has 3 atom stereocenters. The number of carboxylic acids is 1. The summed E-state index contributed by atoms with van der Waals surface area (Å²) in [5.41, 5.74) is 4.31. The van der Waals surface area contributed by atoms with Crippen LogP contribution in [-0.4, -0.2) is 15.6 Å². The van der Waals surface area contributed by atoms with Gasteiger partial charge in [-0.25, -0.2) is 0 Å². The molecule has 0 saturated carbocycles. The van der Waals surface area contributed by atoms with E-state index in [4.69, 9.17) is 11.6 Å². The van der Waals surface area contributed by atoms with Crippen molar-refractivity contribution in [1.29, 1.82) is 0 Å². The fourth-order valence-corrected chi connectivity index (χ4v) is 5.85. The van der Waals surface area contributed by atoms with E-state index >= 15 is 0 Å². The Labute approximate surface area is 214 Å². The van der Waals surface area contributed by atoms with Crippen molar-refractivity contribution in [2.24, 2.45) is 5.92 Å². The maximum Gasteiger partial charge on any atom is 0.416 e. The lowest BCUT2D eigenvalue weighted by Gasteiger charge is -2.34. The van der Waals surface area contributed by atoms with E-state index in [0.29, 0.717) is 5.02 Å². The molecule has 0 aliphatic heterocycles. The standard InChI is InChI=1S/C29H31ClF3NO2/c1-3-5-26(20-6-11-21(12-7-20)29(31,32)33)34-17-25(19-8-13-22(30)14-9-19)23-15-10-18(4-2)24(28(23)34)16-27(35)36/h6-9,11-14,17-18,24,26H,3-5,10,15-16H2,1-2H3,(H,35,36)/t18-,24?,26+/m0/s1. The molecule has 3 aromatic rings. The normalized spacial score (nSPS) is 18.6. The van der Waals surface area contributed by atoms with Gasteiger partial charge in [-0.3, -0.25) is 4.79 Å². The van der Waals surface area contributed by atoms with E-state index in [-0.39, 0.29) is 24.3 Å². The molecule has 2 aromatic carbocycles. The summed E-state index contributed by atoms with van der Waals surface area (Å²) in [5, 5.41) is 10.4. The predicted octanol–water partition coefficient (Wildman–Crippen LogP) is 8.75. The van der Waals surface area contributed by atoms with Gasteiger partial charge in [0.1, 0.15) is 0 Å². The summed E-state index contributed by atoms with van der Waals surface area (Å²) in [6.07, 6.45) is 1.89. The number of nitrogens with zero attached hydrogens (tertiary/aromatic N) is 1. The van der Waals surface area contributed by atoms with Crippen LogP contribution in [0, 0.1) is 5.92 Å². The van der Waals surface area contributed by atoms with Gasteiger partial charge in [0.25, 0.3) is 0 Å². The van der Waals surface area contributed by atoms with Crippen molar-refractivity contribution in [1.82, 2.24) is 4.57 Å². The molecule has 1 aromatic heterocycles. The highest BCUT2D eigenvalue weighted by molar-refractivity contribution is 6.30. The first-order chi connectivity index (χ1) is 17.1. The fourth-order valence-electron chi connectivity index (χ4n) is 5.72. The van der Waals surface area contributed by atoms with E-state index in [2.05, 4.69) is 24.6 Å². The molecule has 1 aliphatic rings. The van der Waals surface area contributed by atoms with Gasteiger partial charge in [0.2, 0.25) is 0 Å². The number of hydrogen-bond donors (Lipinski definition) is 1. The van der Waals surface area contributed by atoms with Gasteiger partial charge in [0.05, 0.1) is 18.0 Å². The Morgan fingerprint density at radius 1 is 1.11 bits per heavy atom. The van der Waals surface area contributed by atoms with E-state index < -0.39 is 17.7 Å². The lowest BCUT2D eigenvalue weighted by molar-refractivity contribution is -0.138. The first-order valence-corrected chi connectivity index (χ1v) is 12.9. The maximum atomic E-state index is 13.2. The second kappa shape index (κ2) is 10.7. The largest absolute Gasteiger partial charge is 0.481 e. The third-order valence-corrected chi connectivity index (χ3v) is 7.71. The lowest BCUT2D eigenvalue weighted by atomic mass is 9.74. The van der Waals surface area contributed by atoms with Crippen molar-refractivity contribution >= 4 is 17.6 Å². The number of halogens is 4. The van der Waals surface area contributed by atoms with Crippen molar-refractivity contribution in [3.63, 3.8) is 0 Å². The van der Waals surface area contributed by atoms with Crippen LogP contribution in [-0.2, 0) is 17.4 Å². The second-order valence-electron chi connectivity index (χ2n) is 9.66. The van der Waals surface area contributed by atoms with E-state index in [1.807, 2.05) is 24.3 Å². The van der Waals surface area contributed by atoms with Crippen molar-refractivity contribution in [3.8, 4) is 11.1 Å². The third kappa shape index (κ3) is 5.34. The SMILES string of the molecule is CCC[C@H](c1ccc(C(F)(F)F)cc1)n1cc(-c2ccc(Cl)cc2)c2c1C(CC(=O)O)[C@@H](CC)CC2. The number of aromatic nitrogens is 1. The van der Waals surface area contributed by atoms with Crippen molar-refractivity contribution < 1.29 is 23.1 Å². The number of benzene rings is 2. The van der Waals surface area contributed by atoms with Crippen LogP contribution >= 0.6 is 11.6 Å². The van der Waals surface area contributed by atoms with Crippen LogP contribution in [0.1, 0.15) is 80.3 Å². The number of fused-ring (bicyclic) bond motifs is 1. The number of alkyl halides is 3. The Bertz CT molecular complexity index is 1200. The summed E-state index contributed by atoms with van der Waals surface area (Å²) in [7, 11) is 0. The highest BCUT2D eigenvalue weighted by Gasteiger charge is 2.37. The smallest absolute Gasteiger partial charge is 0.416 e. The summed E-state index contributed by atoms with van der Waals surface area (Å²) < 4.78 is 41.8. The Morgan fingerprint density at radius 2 is 1.78 bits per heavy atom. The molecule has 7 heteroatoms. The van der Waals surface area contributed by atoms with Crippen LogP contribution in [0.15, 0.2) is 54.7 Å². The van der Waals surface area contributed by atoms with Gasteiger partial charge in [0, 0.05) is 28.4 Å². The third-order valence-electron chi connectivity index (χ3n) is 7.46. The molecule has 0 spiro atoms. The highest BCUT2D eigenvalue weighted by atomic mass is 35.5. The summed E-state index contributed by atoms with van der Waals surface area (Å²) in [6.45, 7) is 4.15. The minimum Gasteiger partial charge on any atom is -0.481 e. The first kappa shape index (κ1) is 26.3. The second-order valence-corrected chi connectivity index (χ2v) is 10.1. The van der Waals surface area contributed by atoms with E-state index in [9.17, 15) is 23.1 Å². The van der Waals surface area contributed by atoms with Crippen LogP contribution in [0.3, 0.4) is 0 Å². The lowest BCUT2D eigenvalue weighted by Crippen LogP contribution is -2.26. The predicted molar refractivity (Wildman–Crippen MR) is 136 cm³/mol. The summed E-state index contributed by atoms with van der Waals surface area (Å²) in [4.78, 5) is 11.9. The Morgan fingerprint density at radius 3 is 2.33 bits per heavy atom. The quantitative estimate of drug-likeness (QED) is 0.324. The summed E-state index contributed by atoms with van der Waals surface area (Å²) >= 11 is 6.13. The Kier molecular flexibility index (Phi) is 7.84. The fraction of sp³-hybridized carbons (Fsp3) is 0.414. The monoisotopic (exact) mass is 517 g/mol. The van der Waals surface area contributed by atoms with Gasteiger partial charge >= 0.3 is 12.1 Å². The molecule has 1 heterocycles. The molecular weight excluding hydrogens is 487 g/mol. The van der Waals surface area contributed by atoms with Crippen LogP contribution in [0.25, 0.3) is 11.1 Å². The molecule has 0 fully saturated rings. The number of carboxylic acid groups (broad SMARTS) is 1. The molecule has 4 rings (SSSR count). The number of aliphatic carboxylic acids is 1. The van der Waals surface area contributed by atoms with Crippen LogP contribution in [0.5, 0.6) is 0 Å². The zero-order valence-electron chi connectivity index (χ0n) is 20.5. The zero-order chi connectivity index (χ0) is 26.0. The van der Waals surface area contributed by atoms with E-state index in [0.717, 1.165) is 72.2 Å². The molecule has 1 unspecified atom stereocenters. The summed E-state index contributed by atoms with van der Waals surface area (Å²) in [5.74, 6) is -0.769. The van der Waals surface area contributed by atoms with Crippen LogP contribution < -0.4 is 0 Å². The topological polar surface area (TPSA) is 42.2 Å². The highest BCUT2D eigenvalue weighted by Crippen LogP contribution is 2.47. The molecule has 0 saturated heterocycles. The number of hydrogen-bond acceptors (Lipinski definition) is 1. The zero-order valence-corrected chi connectivity index (χ0v) is 21.2. The van der Waals surface area contributed by atoms with Gasteiger partial charge in [-0.15, -0.1) is 0 Å². The van der Waals surface area contributed by atoms with Crippen molar-refractivity contribution in [2.45, 2.75) is 70.5 Å². The van der Waals surface area contributed by atoms with Gasteiger partial charge < -0.3 is 9.67 Å². The molecule has 36 heavy (non-hydrogen) atoms. The molecule has 0 amide bonds. The van der Waals surface area contributed by atoms with Gasteiger partial charge in [-0.05, 0) is 66.1 Å². The minimum absolute atomic E-state index is 0.0292. The molecule has 3 nitrogen and oxygen atoms in total. The van der Waals surface area contributed by atoms with Gasteiger partial charge in [0.15, 0.2) is 0 Å². The Hall–Kier alpha value is -2.73. The van der Waals surface area contributed by atoms with E-state index in [1.54, 1.807) is 12.1 Å². The average molecular weight is 518 g/mol. The molecule has 1 aliphatic carbocycles. The van der Waals surface area contributed by atoms with E-state index in [1.165, 1.54) is 0 Å². The van der Waals surface area contributed by atoms with Crippen molar-refractivity contribution in [2.75, 3.05) is 0 Å². The number of carbonyl (C=O) groups is 1.